The standard InChI is InChI=1S/C12H12N2O6/c15-10-7(3-1-4-8(10)14(19)20)11(16)13-6-2-5-9(13)12(17)18/h1,3-4,9,15H,2,5-6H2,(H,17,18)/t9-/m1/s1. The smallest absolute Gasteiger partial charge is 0.326 e. The van der Waals surface area contributed by atoms with Crippen molar-refractivity contribution in [1.82, 2.24) is 4.90 Å². The van der Waals surface area contributed by atoms with Crippen LogP contribution in [0, 0.1) is 10.1 Å². The largest absolute Gasteiger partial charge is 0.502 e. The Morgan fingerprint density at radius 1 is 1.40 bits per heavy atom. The van der Waals surface area contributed by atoms with Crippen LogP contribution in [0.2, 0.25) is 0 Å². The second-order valence-electron chi connectivity index (χ2n) is 4.43. The van der Waals surface area contributed by atoms with Crippen molar-refractivity contribution in [2.24, 2.45) is 0 Å². The van der Waals surface area contributed by atoms with Crippen molar-refractivity contribution in [2.45, 2.75) is 18.9 Å². The number of phenols is 1. The summed E-state index contributed by atoms with van der Waals surface area (Å²) in [4.78, 5) is 34.3. The minimum atomic E-state index is -1.12. The maximum atomic E-state index is 12.2. The quantitative estimate of drug-likeness (QED) is 0.629. The van der Waals surface area contributed by atoms with Crippen LogP contribution >= 0.6 is 0 Å². The lowest BCUT2D eigenvalue weighted by Crippen LogP contribution is -2.40. The van der Waals surface area contributed by atoms with Gasteiger partial charge in [0.2, 0.25) is 5.75 Å². The molecule has 1 aromatic carbocycles. The SMILES string of the molecule is O=C(O)[C@H]1CCCN1C(=O)c1cccc([N+](=O)[O-])c1O. The highest BCUT2D eigenvalue weighted by molar-refractivity contribution is 6.00. The lowest BCUT2D eigenvalue weighted by molar-refractivity contribution is -0.385. The van der Waals surface area contributed by atoms with Gasteiger partial charge in [0.25, 0.3) is 5.91 Å². The topological polar surface area (TPSA) is 121 Å². The molecule has 1 aliphatic rings. The summed E-state index contributed by atoms with van der Waals surface area (Å²) in [6, 6.07) is 2.63. The fourth-order valence-corrected chi connectivity index (χ4v) is 2.27. The molecule has 0 radical (unpaired) electrons. The third-order valence-electron chi connectivity index (χ3n) is 3.24. The van der Waals surface area contributed by atoms with Gasteiger partial charge in [0, 0.05) is 12.6 Å². The first-order chi connectivity index (χ1) is 9.43. The van der Waals surface area contributed by atoms with Gasteiger partial charge in [-0.2, -0.15) is 0 Å². The van der Waals surface area contributed by atoms with Crippen LogP contribution in [0.4, 0.5) is 5.69 Å². The van der Waals surface area contributed by atoms with Gasteiger partial charge in [-0.15, -0.1) is 0 Å². The lowest BCUT2D eigenvalue weighted by atomic mass is 10.1. The molecule has 2 rings (SSSR count). The zero-order valence-corrected chi connectivity index (χ0v) is 10.4. The van der Waals surface area contributed by atoms with Crippen LogP contribution < -0.4 is 0 Å². The molecule has 1 heterocycles. The number of carboxylic acids is 1. The predicted octanol–water partition coefficient (Wildman–Crippen LogP) is 0.990. The zero-order chi connectivity index (χ0) is 14.9. The fraction of sp³-hybridized carbons (Fsp3) is 0.333. The number of amides is 1. The van der Waals surface area contributed by atoms with Gasteiger partial charge < -0.3 is 15.1 Å². The van der Waals surface area contributed by atoms with E-state index in [1.807, 2.05) is 0 Å². The minimum absolute atomic E-state index is 0.248. The first-order valence-corrected chi connectivity index (χ1v) is 5.93. The molecule has 0 aliphatic carbocycles. The number of para-hydroxylation sites is 1. The van der Waals surface area contributed by atoms with E-state index in [0.29, 0.717) is 12.8 Å². The van der Waals surface area contributed by atoms with Crippen LogP contribution in [0.5, 0.6) is 5.75 Å². The first-order valence-electron chi connectivity index (χ1n) is 5.93. The van der Waals surface area contributed by atoms with Gasteiger partial charge in [-0.05, 0) is 18.9 Å². The number of benzene rings is 1. The Balaban J connectivity index is 2.37. The summed E-state index contributed by atoms with van der Waals surface area (Å²) in [6.45, 7) is 0.248. The molecule has 0 saturated carbocycles. The number of aliphatic carboxylic acids is 1. The molecular formula is C12H12N2O6. The molecule has 1 atom stereocenters. The summed E-state index contributed by atoms with van der Waals surface area (Å²) in [7, 11) is 0. The average Bonchev–Trinajstić information content (AvgIpc) is 2.87. The average molecular weight is 280 g/mol. The summed E-state index contributed by atoms with van der Waals surface area (Å²) in [5.74, 6) is -2.57. The number of carbonyl (C=O) groups excluding carboxylic acids is 1. The van der Waals surface area contributed by atoms with Crippen molar-refractivity contribution in [3.63, 3.8) is 0 Å². The molecule has 8 nitrogen and oxygen atoms in total. The maximum Gasteiger partial charge on any atom is 0.326 e. The van der Waals surface area contributed by atoms with Crippen LogP contribution in [-0.4, -0.2) is 44.5 Å². The Kier molecular flexibility index (Phi) is 3.55. The highest BCUT2D eigenvalue weighted by Gasteiger charge is 2.36. The molecule has 1 amide bonds. The number of carboxylic acid groups (broad SMARTS) is 1. The van der Waals surface area contributed by atoms with E-state index < -0.39 is 34.3 Å². The van der Waals surface area contributed by atoms with Crippen molar-refractivity contribution >= 4 is 17.6 Å². The molecule has 0 aromatic heterocycles. The number of aromatic hydroxyl groups is 1. The van der Waals surface area contributed by atoms with Crippen LogP contribution in [0.25, 0.3) is 0 Å². The molecule has 1 aliphatic heterocycles. The van der Waals surface area contributed by atoms with E-state index in [4.69, 9.17) is 5.11 Å². The summed E-state index contributed by atoms with van der Waals surface area (Å²) in [6.07, 6.45) is 0.870. The maximum absolute atomic E-state index is 12.2. The highest BCUT2D eigenvalue weighted by atomic mass is 16.6. The Hall–Kier alpha value is -2.64. The van der Waals surface area contributed by atoms with Gasteiger partial charge in [-0.3, -0.25) is 14.9 Å². The number of likely N-dealkylation sites (tertiary alicyclic amines) is 1. The molecule has 2 N–H and O–H groups in total. The molecule has 0 unspecified atom stereocenters. The zero-order valence-electron chi connectivity index (χ0n) is 10.4. The van der Waals surface area contributed by atoms with Crippen LogP contribution in [0.1, 0.15) is 23.2 Å². The number of nitro groups is 1. The molecule has 8 heteroatoms. The Labute approximate surface area is 113 Å². The number of carbonyl (C=O) groups is 2. The summed E-state index contributed by atoms with van der Waals surface area (Å²) < 4.78 is 0. The monoisotopic (exact) mass is 280 g/mol. The summed E-state index contributed by atoms with van der Waals surface area (Å²) in [5.41, 5.74) is -0.839. The highest BCUT2D eigenvalue weighted by Crippen LogP contribution is 2.31. The van der Waals surface area contributed by atoms with Crippen molar-refractivity contribution < 1.29 is 24.7 Å². The third kappa shape index (κ3) is 2.27. The number of rotatable bonds is 3. The molecule has 1 aromatic rings. The van der Waals surface area contributed by atoms with Crippen molar-refractivity contribution in [3.8, 4) is 5.75 Å². The molecule has 0 spiro atoms. The molecule has 0 bridgehead atoms. The van der Waals surface area contributed by atoms with Gasteiger partial charge in [-0.25, -0.2) is 4.79 Å². The minimum Gasteiger partial charge on any atom is -0.502 e. The van der Waals surface area contributed by atoms with E-state index in [1.165, 1.54) is 12.1 Å². The summed E-state index contributed by atoms with van der Waals surface area (Å²) >= 11 is 0. The Bertz CT molecular complexity index is 585. The second-order valence-corrected chi connectivity index (χ2v) is 4.43. The van der Waals surface area contributed by atoms with Gasteiger partial charge in [0.05, 0.1) is 10.5 Å². The van der Waals surface area contributed by atoms with Crippen LogP contribution in [-0.2, 0) is 4.79 Å². The Morgan fingerprint density at radius 2 is 2.10 bits per heavy atom. The van der Waals surface area contributed by atoms with Crippen molar-refractivity contribution in [1.29, 1.82) is 0 Å². The van der Waals surface area contributed by atoms with Crippen molar-refractivity contribution in [3.05, 3.63) is 33.9 Å². The fourth-order valence-electron chi connectivity index (χ4n) is 2.27. The number of phenolic OH excluding ortho intramolecular Hbond substituents is 1. The third-order valence-corrected chi connectivity index (χ3v) is 3.24. The molecular weight excluding hydrogens is 268 g/mol. The van der Waals surface area contributed by atoms with Gasteiger partial charge in [-0.1, -0.05) is 6.07 Å². The van der Waals surface area contributed by atoms with Gasteiger partial charge >= 0.3 is 11.7 Å². The van der Waals surface area contributed by atoms with Crippen LogP contribution in [0.15, 0.2) is 18.2 Å². The predicted molar refractivity (Wildman–Crippen MR) is 66.5 cm³/mol. The number of hydrogen-bond acceptors (Lipinski definition) is 5. The lowest BCUT2D eigenvalue weighted by Gasteiger charge is -2.21. The molecule has 1 saturated heterocycles. The van der Waals surface area contributed by atoms with E-state index in [-0.39, 0.29) is 12.1 Å². The van der Waals surface area contributed by atoms with E-state index in [0.717, 1.165) is 11.0 Å². The van der Waals surface area contributed by atoms with Gasteiger partial charge in [0.15, 0.2) is 0 Å². The van der Waals surface area contributed by atoms with E-state index in [2.05, 4.69) is 0 Å². The normalized spacial score (nSPS) is 18.0. The van der Waals surface area contributed by atoms with E-state index in [1.54, 1.807) is 0 Å². The van der Waals surface area contributed by atoms with Crippen molar-refractivity contribution in [2.75, 3.05) is 6.54 Å². The first kappa shape index (κ1) is 13.8. The molecule has 106 valence electrons. The van der Waals surface area contributed by atoms with Crippen LogP contribution in [0.3, 0.4) is 0 Å². The second kappa shape index (κ2) is 5.16. The number of nitrogens with zero attached hydrogens (tertiary/aromatic N) is 2. The van der Waals surface area contributed by atoms with Gasteiger partial charge in [0.1, 0.15) is 6.04 Å². The summed E-state index contributed by atoms with van der Waals surface area (Å²) in [5, 5.41) is 29.5. The Morgan fingerprint density at radius 3 is 2.70 bits per heavy atom. The van der Waals surface area contributed by atoms with E-state index >= 15 is 0 Å². The molecule has 1 fully saturated rings. The molecule has 20 heavy (non-hydrogen) atoms. The van der Waals surface area contributed by atoms with E-state index in [9.17, 15) is 24.8 Å². The number of hydrogen-bond donors (Lipinski definition) is 2. The number of nitro benzene ring substituents is 1.